The number of carboxylic acids is 1. The molecule has 7 heteroatoms. The molecule has 0 aliphatic carbocycles. The zero-order valence-corrected chi connectivity index (χ0v) is 13.6. The number of hydrogen-bond donors (Lipinski definition) is 2. The van der Waals surface area contributed by atoms with E-state index >= 15 is 0 Å². The van der Waals surface area contributed by atoms with Gasteiger partial charge in [-0.3, -0.25) is 14.5 Å². The van der Waals surface area contributed by atoms with Crippen molar-refractivity contribution in [2.75, 3.05) is 37.7 Å². The molecule has 2 heterocycles. The van der Waals surface area contributed by atoms with Gasteiger partial charge in [0.25, 0.3) is 0 Å². The first-order valence-corrected chi connectivity index (χ1v) is 8.24. The molecule has 24 heavy (non-hydrogen) atoms. The zero-order chi connectivity index (χ0) is 17.1. The highest BCUT2D eigenvalue weighted by Crippen LogP contribution is 2.21. The summed E-state index contributed by atoms with van der Waals surface area (Å²) in [6.45, 7) is 3.40. The Morgan fingerprint density at radius 1 is 1.33 bits per heavy atom. The van der Waals surface area contributed by atoms with Crippen LogP contribution in [0.2, 0.25) is 0 Å². The lowest BCUT2D eigenvalue weighted by Gasteiger charge is -2.37. The van der Waals surface area contributed by atoms with Crippen LogP contribution in [0.5, 0.6) is 0 Å². The van der Waals surface area contributed by atoms with Gasteiger partial charge in [-0.25, -0.2) is 0 Å². The number of aliphatic carboxylic acids is 1. The van der Waals surface area contributed by atoms with E-state index in [4.69, 9.17) is 15.6 Å². The number of amides is 1. The first-order valence-electron chi connectivity index (χ1n) is 8.24. The van der Waals surface area contributed by atoms with Crippen LogP contribution in [-0.4, -0.2) is 66.8 Å². The Hall–Kier alpha value is -1.96. The second-order valence-electron chi connectivity index (χ2n) is 6.35. The number of benzene rings is 1. The molecule has 2 unspecified atom stereocenters. The smallest absolute Gasteiger partial charge is 0.320 e. The van der Waals surface area contributed by atoms with E-state index in [-0.39, 0.29) is 12.3 Å². The Bertz CT molecular complexity index is 598. The summed E-state index contributed by atoms with van der Waals surface area (Å²) in [5.41, 5.74) is 7.24. The van der Waals surface area contributed by atoms with Crippen molar-refractivity contribution in [2.45, 2.75) is 24.9 Å². The molecule has 2 aliphatic heterocycles. The van der Waals surface area contributed by atoms with Crippen LogP contribution < -0.4 is 10.6 Å². The summed E-state index contributed by atoms with van der Waals surface area (Å²) in [4.78, 5) is 27.3. The largest absolute Gasteiger partial charge is 0.480 e. The lowest BCUT2D eigenvalue weighted by molar-refractivity contribution is -0.138. The van der Waals surface area contributed by atoms with Gasteiger partial charge < -0.3 is 20.5 Å². The van der Waals surface area contributed by atoms with Crippen molar-refractivity contribution >= 4 is 17.6 Å². The molecular weight excluding hydrogens is 310 g/mol. The second kappa shape index (κ2) is 7.29. The molecule has 2 saturated heterocycles. The predicted octanol–water partition coefficient (Wildman–Crippen LogP) is 0.0785. The van der Waals surface area contributed by atoms with Crippen LogP contribution in [0, 0.1) is 0 Å². The maximum atomic E-state index is 12.5. The van der Waals surface area contributed by atoms with Crippen molar-refractivity contribution in [1.82, 2.24) is 4.90 Å². The van der Waals surface area contributed by atoms with Gasteiger partial charge >= 0.3 is 5.97 Å². The van der Waals surface area contributed by atoms with Crippen molar-refractivity contribution < 1.29 is 19.4 Å². The number of hydrogen-bond acceptors (Lipinski definition) is 5. The second-order valence-corrected chi connectivity index (χ2v) is 6.35. The van der Waals surface area contributed by atoms with Gasteiger partial charge in [0.15, 0.2) is 0 Å². The number of carboxylic acid groups (broad SMARTS) is 1. The summed E-state index contributed by atoms with van der Waals surface area (Å²) in [6, 6.07) is 6.84. The highest BCUT2D eigenvalue weighted by atomic mass is 16.5. The van der Waals surface area contributed by atoms with Crippen LogP contribution in [0.3, 0.4) is 0 Å². The van der Waals surface area contributed by atoms with Gasteiger partial charge in [-0.05, 0) is 30.5 Å². The van der Waals surface area contributed by atoms with Crippen LogP contribution in [0.15, 0.2) is 24.3 Å². The van der Waals surface area contributed by atoms with Gasteiger partial charge in [0.2, 0.25) is 5.91 Å². The summed E-state index contributed by atoms with van der Waals surface area (Å²) in [5.74, 6) is -0.926. The number of ether oxygens (including phenoxy) is 1. The van der Waals surface area contributed by atoms with E-state index in [0.29, 0.717) is 25.7 Å². The van der Waals surface area contributed by atoms with Crippen LogP contribution in [-0.2, 0) is 20.7 Å². The van der Waals surface area contributed by atoms with E-state index in [1.807, 2.05) is 24.3 Å². The van der Waals surface area contributed by atoms with E-state index in [1.165, 1.54) is 0 Å². The lowest BCUT2D eigenvalue weighted by Crippen LogP contribution is -2.53. The molecule has 2 fully saturated rings. The third kappa shape index (κ3) is 3.75. The van der Waals surface area contributed by atoms with E-state index in [1.54, 1.807) is 4.90 Å². The van der Waals surface area contributed by atoms with Crippen molar-refractivity contribution in [1.29, 1.82) is 0 Å². The third-order valence-electron chi connectivity index (χ3n) is 4.69. The summed E-state index contributed by atoms with van der Waals surface area (Å²) in [6.07, 6.45) is 1.27. The summed E-state index contributed by atoms with van der Waals surface area (Å²) >= 11 is 0. The number of rotatable bonds is 5. The van der Waals surface area contributed by atoms with Gasteiger partial charge in [-0.15, -0.1) is 0 Å². The minimum Gasteiger partial charge on any atom is -0.480 e. The SMILES string of the molecule is NC(Cc1ccc(N2CCN(C3CCOC3)CC2=O)cc1)C(=O)O. The highest BCUT2D eigenvalue weighted by Gasteiger charge is 2.31. The summed E-state index contributed by atoms with van der Waals surface area (Å²) in [5, 5.41) is 8.86. The average molecular weight is 333 g/mol. The molecule has 1 amide bonds. The number of carbonyl (C=O) groups is 2. The minimum atomic E-state index is -1.01. The van der Waals surface area contributed by atoms with Crippen LogP contribution in [0.4, 0.5) is 5.69 Å². The monoisotopic (exact) mass is 333 g/mol. The molecule has 0 bridgehead atoms. The Labute approximate surface area is 141 Å². The number of nitrogens with two attached hydrogens (primary N) is 1. The van der Waals surface area contributed by atoms with Crippen molar-refractivity contribution in [3.63, 3.8) is 0 Å². The Balaban J connectivity index is 1.60. The van der Waals surface area contributed by atoms with Crippen molar-refractivity contribution in [3.05, 3.63) is 29.8 Å². The average Bonchev–Trinajstić information content (AvgIpc) is 3.10. The molecule has 7 nitrogen and oxygen atoms in total. The summed E-state index contributed by atoms with van der Waals surface area (Å²) in [7, 11) is 0. The van der Waals surface area contributed by atoms with Gasteiger partial charge in [-0.2, -0.15) is 0 Å². The van der Waals surface area contributed by atoms with E-state index in [2.05, 4.69) is 4.90 Å². The van der Waals surface area contributed by atoms with Crippen molar-refractivity contribution in [3.8, 4) is 0 Å². The van der Waals surface area contributed by atoms with Gasteiger partial charge in [0.05, 0.1) is 13.2 Å². The first kappa shape index (κ1) is 16.9. The number of anilines is 1. The molecule has 0 saturated carbocycles. The summed E-state index contributed by atoms with van der Waals surface area (Å²) < 4.78 is 5.40. The molecule has 0 radical (unpaired) electrons. The predicted molar refractivity (Wildman–Crippen MR) is 88.9 cm³/mol. The fraction of sp³-hybridized carbons (Fsp3) is 0.529. The van der Waals surface area contributed by atoms with Gasteiger partial charge in [0, 0.05) is 31.4 Å². The molecule has 2 atom stereocenters. The van der Waals surface area contributed by atoms with Gasteiger partial charge in [0.1, 0.15) is 6.04 Å². The van der Waals surface area contributed by atoms with Crippen molar-refractivity contribution in [2.24, 2.45) is 5.73 Å². The van der Waals surface area contributed by atoms with E-state index < -0.39 is 12.0 Å². The van der Waals surface area contributed by atoms with Crippen LogP contribution in [0.25, 0.3) is 0 Å². The Morgan fingerprint density at radius 2 is 2.08 bits per heavy atom. The minimum absolute atomic E-state index is 0.0862. The highest BCUT2D eigenvalue weighted by molar-refractivity contribution is 5.95. The maximum Gasteiger partial charge on any atom is 0.320 e. The standard InChI is InChI=1S/C17H23N3O4/c18-15(17(22)23)9-12-1-3-13(4-2-12)20-7-6-19(10-16(20)21)14-5-8-24-11-14/h1-4,14-15H,5-11,18H2,(H,22,23). The molecule has 1 aromatic carbocycles. The fourth-order valence-corrected chi connectivity index (χ4v) is 3.24. The van der Waals surface area contributed by atoms with Crippen LogP contribution in [0.1, 0.15) is 12.0 Å². The van der Waals surface area contributed by atoms with E-state index in [0.717, 1.165) is 30.8 Å². The van der Waals surface area contributed by atoms with E-state index in [9.17, 15) is 9.59 Å². The lowest BCUT2D eigenvalue weighted by atomic mass is 10.1. The third-order valence-corrected chi connectivity index (χ3v) is 4.69. The maximum absolute atomic E-state index is 12.5. The molecular formula is C17H23N3O4. The Morgan fingerprint density at radius 3 is 2.67 bits per heavy atom. The molecule has 0 aromatic heterocycles. The topological polar surface area (TPSA) is 96.1 Å². The number of nitrogens with zero attached hydrogens (tertiary/aromatic N) is 2. The Kier molecular flexibility index (Phi) is 5.13. The molecule has 3 N–H and O–H groups in total. The zero-order valence-electron chi connectivity index (χ0n) is 13.6. The first-order chi connectivity index (χ1) is 11.5. The number of piperazine rings is 1. The molecule has 3 rings (SSSR count). The normalized spacial score (nSPS) is 23.5. The van der Waals surface area contributed by atoms with Gasteiger partial charge in [-0.1, -0.05) is 12.1 Å². The number of carbonyl (C=O) groups excluding carboxylic acids is 1. The quantitative estimate of drug-likeness (QED) is 0.792. The molecule has 0 spiro atoms. The molecule has 2 aliphatic rings. The fourth-order valence-electron chi connectivity index (χ4n) is 3.24. The molecule has 130 valence electrons. The van der Waals surface area contributed by atoms with Crippen LogP contribution >= 0.6 is 0 Å². The molecule has 1 aromatic rings.